The van der Waals surface area contributed by atoms with Crippen LogP contribution < -0.4 is 0 Å². The SMILES string of the molecule is OC1(c2ccccc2)Cc2cc(Br)ccc21. The molecule has 1 aliphatic carbocycles. The Morgan fingerprint density at radius 2 is 1.81 bits per heavy atom. The zero-order valence-corrected chi connectivity index (χ0v) is 10.2. The van der Waals surface area contributed by atoms with Crippen LogP contribution in [0.5, 0.6) is 0 Å². The third-order valence-corrected chi connectivity index (χ3v) is 3.70. The Morgan fingerprint density at radius 3 is 2.50 bits per heavy atom. The lowest BCUT2D eigenvalue weighted by atomic mass is 9.69. The van der Waals surface area contributed by atoms with Gasteiger partial charge >= 0.3 is 0 Å². The lowest BCUT2D eigenvalue weighted by Gasteiger charge is -2.40. The summed E-state index contributed by atoms with van der Waals surface area (Å²) in [5.74, 6) is 0. The van der Waals surface area contributed by atoms with Crippen LogP contribution in [-0.4, -0.2) is 5.11 Å². The molecule has 80 valence electrons. The van der Waals surface area contributed by atoms with E-state index in [0.29, 0.717) is 6.42 Å². The van der Waals surface area contributed by atoms with Crippen molar-refractivity contribution < 1.29 is 5.11 Å². The van der Waals surface area contributed by atoms with Gasteiger partial charge in [-0.05, 0) is 28.8 Å². The second-order valence-electron chi connectivity index (χ2n) is 4.20. The maximum Gasteiger partial charge on any atom is 0.119 e. The van der Waals surface area contributed by atoms with Gasteiger partial charge in [-0.3, -0.25) is 0 Å². The van der Waals surface area contributed by atoms with E-state index in [4.69, 9.17) is 0 Å². The van der Waals surface area contributed by atoms with Crippen LogP contribution in [0.25, 0.3) is 0 Å². The van der Waals surface area contributed by atoms with Gasteiger partial charge in [-0.2, -0.15) is 0 Å². The van der Waals surface area contributed by atoms with Crippen molar-refractivity contribution in [2.75, 3.05) is 0 Å². The number of hydrogen-bond donors (Lipinski definition) is 1. The number of hydrogen-bond acceptors (Lipinski definition) is 1. The van der Waals surface area contributed by atoms with Crippen molar-refractivity contribution >= 4 is 15.9 Å². The third kappa shape index (κ3) is 1.34. The third-order valence-electron chi connectivity index (χ3n) is 3.21. The number of halogens is 1. The predicted molar refractivity (Wildman–Crippen MR) is 67.3 cm³/mol. The molecular weight excluding hydrogens is 264 g/mol. The van der Waals surface area contributed by atoms with E-state index in [2.05, 4.69) is 22.0 Å². The molecule has 0 radical (unpaired) electrons. The van der Waals surface area contributed by atoms with Crippen LogP contribution in [0.2, 0.25) is 0 Å². The molecule has 1 atom stereocenters. The largest absolute Gasteiger partial charge is 0.380 e. The van der Waals surface area contributed by atoms with E-state index in [-0.39, 0.29) is 0 Å². The Hall–Kier alpha value is -1.12. The van der Waals surface area contributed by atoms with Crippen molar-refractivity contribution in [3.05, 3.63) is 69.7 Å². The molecule has 1 nitrogen and oxygen atoms in total. The minimum atomic E-state index is -0.780. The highest BCUT2D eigenvalue weighted by molar-refractivity contribution is 9.10. The molecule has 0 aliphatic heterocycles. The molecule has 0 aromatic heterocycles. The van der Waals surface area contributed by atoms with Crippen LogP contribution in [0.3, 0.4) is 0 Å². The summed E-state index contributed by atoms with van der Waals surface area (Å²) in [5.41, 5.74) is 2.45. The summed E-state index contributed by atoms with van der Waals surface area (Å²) in [5, 5.41) is 10.6. The Kier molecular flexibility index (Phi) is 2.16. The highest BCUT2D eigenvalue weighted by Gasteiger charge is 2.42. The van der Waals surface area contributed by atoms with Gasteiger partial charge in [-0.15, -0.1) is 0 Å². The highest BCUT2D eigenvalue weighted by atomic mass is 79.9. The van der Waals surface area contributed by atoms with Crippen molar-refractivity contribution in [2.24, 2.45) is 0 Å². The topological polar surface area (TPSA) is 20.2 Å². The average Bonchev–Trinajstić information content (AvgIpc) is 2.29. The summed E-state index contributed by atoms with van der Waals surface area (Å²) in [7, 11) is 0. The first-order valence-corrected chi connectivity index (χ1v) is 6.06. The first kappa shape index (κ1) is 10.1. The second kappa shape index (κ2) is 3.44. The monoisotopic (exact) mass is 274 g/mol. The molecule has 1 unspecified atom stereocenters. The van der Waals surface area contributed by atoms with Crippen LogP contribution in [0, 0.1) is 0 Å². The lowest BCUT2D eigenvalue weighted by Crippen LogP contribution is -2.39. The summed E-state index contributed by atoms with van der Waals surface area (Å²) in [6.45, 7) is 0. The fourth-order valence-electron chi connectivity index (χ4n) is 2.35. The first-order valence-electron chi connectivity index (χ1n) is 5.27. The van der Waals surface area contributed by atoms with Gasteiger partial charge in [0.25, 0.3) is 0 Å². The van der Waals surface area contributed by atoms with E-state index in [9.17, 15) is 5.11 Å². The molecule has 3 rings (SSSR count). The summed E-state index contributed by atoms with van der Waals surface area (Å²) in [4.78, 5) is 0. The van der Waals surface area contributed by atoms with Crippen LogP contribution in [0.15, 0.2) is 53.0 Å². The van der Waals surface area contributed by atoms with E-state index in [1.165, 1.54) is 5.56 Å². The van der Waals surface area contributed by atoms with Crippen molar-refractivity contribution in [2.45, 2.75) is 12.0 Å². The smallest absolute Gasteiger partial charge is 0.119 e. The molecule has 0 heterocycles. The van der Waals surface area contributed by atoms with Crippen molar-refractivity contribution in [3.63, 3.8) is 0 Å². The molecule has 1 aliphatic rings. The Bertz CT molecular complexity index is 536. The van der Waals surface area contributed by atoms with Crippen molar-refractivity contribution in [1.29, 1.82) is 0 Å². The number of fused-ring (bicyclic) bond motifs is 1. The molecule has 0 fully saturated rings. The van der Waals surface area contributed by atoms with Crippen LogP contribution >= 0.6 is 15.9 Å². The summed E-state index contributed by atoms with van der Waals surface area (Å²) >= 11 is 3.44. The molecule has 0 amide bonds. The number of rotatable bonds is 1. The summed E-state index contributed by atoms with van der Waals surface area (Å²) < 4.78 is 1.07. The van der Waals surface area contributed by atoms with Crippen LogP contribution in [-0.2, 0) is 12.0 Å². The molecule has 2 heteroatoms. The highest BCUT2D eigenvalue weighted by Crippen LogP contribution is 2.44. The molecule has 0 saturated carbocycles. The quantitative estimate of drug-likeness (QED) is 0.847. The number of aliphatic hydroxyl groups is 1. The van der Waals surface area contributed by atoms with Crippen molar-refractivity contribution in [1.82, 2.24) is 0 Å². The molecule has 1 N–H and O–H groups in total. The molecule has 2 aromatic carbocycles. The van der Waals surface area contributed by atoms with E-state index in [1.54, 1.807) is 0 Å². The fourth-order valence-corrected chi connectivity index (χ4v) is 2.76. The van der Waals surface area contributed by atoms with E-state index in [1.807, 2.05) is 42.5 Å². The second-order valence-corrected chi connectivity index (χ2v) is 5.12. The summed E-state index contributed by atoms with van der Waals surface area (Å²) in [6.07, 6.45) is 0.700. The van der Waals surface area contributed by atoms with Gasteiger partial charge in [0.15, 0.2) is 0 Å². The zero-order valence-electron chi connectivity index (χ0n) is 8.65. The van der Waals surface area contributed by atoms with Gasteiger partial charge in [0.05, 0.1) is 0 Å². The first-order chi connectivity index (χ1) is 7.70. The van der Waals surface area contributed by atoms with Gasteiger partial charge in [-0.25, -0.2) is 0 Å². The normalized spacial score (nSPS) is 22.4. The Morgan fingerprint density at radius 1 is 1.06 bits per heavy atom. The molecule has 2 aromatic rings. The van der Waals surface area contributed by atoms with Crippen LogP contribution in [0.4, 0.5) is 0 Å². The van der Waals surface area contributed by atoms with E-state index < -0.39 is 5.60 Å². The predicted octanol–water partition coefficient (Wildman–Crippen LogP) is 3.24. The van der Waals surface area contributed by atoms with Crippen molar-refractivity contribution in [3.8, 4) is 0 Å². The summed E-state index contributed by atoms with van der Waals surface area (Å²) in [6, 6.07) is 15.9. The maximum absolute atomic E-state index is 10.6. The maximum atomic E-state index is 10.6. The lowest BCUT2D eigenvalue weighted by molar-refractivity contribution is 0.0562. The Balaban J connectivity index is 2.08. The van der Waals surface area contributed by atoms with Gasteiger partial charge in [0, 0.05) is 10.9 Å². The molecule has 0 bridgehead atoms. The minimum absolute atomic E-state index is 0.700. The minimum Gasteiger partial charge on any atom is -0.380 e. The molecule has 0 spiro atoms. The molecule has 16 heavy (non-hydrogen) atoms. The average molecular weight is 275 g/mol. The standard InChI is InChI=1S/C14H11BrO/c15-12-6-7-13-10(8-12)9-14(13,16)11-4-2-1-3-5-11/h1-8,16H,9H2. The van der Waals surface area contributed by atoms with E-state index >= 15 is 0 Å². The molecule has 0 saturated heterocycles. The Labute approximate surface area is 103 Å². The zero-order chi connectivity index (χ0) is 11.2. The van der Waals surface area contributed by atoms with Gasteiger partial charge in [0.1, 0.15) is 5.60 Å². The van der Waals surface area contributed by atoms with Gasteiger partial charge in [-0.1, -0.05) is 52.3 Å². The molecular formula is C14H11BrO. The van der Waals surface area contributed by atoms with Crippen LogP contribution in [0.1, 0.15) is 16.7 Å². The van der Waals surface area contributed by atoms with Gasteiger partial charge < -0.3 is 5.11 Å². The number of benzene rings is 2. The van der Waals surface area contributed by atoms with Gasteiger partial charge in [0.2, 0.25) is 0 Å². The fraction of sp³-hybridized carbons (Fsp3) is 0.143. The van der Waals surface area contributed by atoms with E-state index in [0.717, 1.165) is 15.6 Å².